The molecular weight excluding hydrogens is 228 g/mol. The van der Waals surface area contributed by atoms with E-state index in [1.165, 1.54) is 0 Å². The molecule has 94 valence electrons. The molecule has 0 bridgehead atoms. The van der Waals surface area contributed by atoms with Crippen molar-refractivity contribution in [3.05, 3.63) is 0 Å². The van der Waals surface area contributed by atoms with E-state index in [1.807, 2.05) is 0 Å². The minimum atomic E-state index is -2.97. The van der Waals surface area contributed by atoms with Crippen LogP contribution >= 0.6 is 0 Å². The van der Waals surface area contributed by atoms with Crippen molar-refractivity contribution in [2.75, 3.05) is 19.0 Å². The Morgan fingerprint density at radius 1 is 1.31 bits per heavy atom. The van der Waals surface area contributed by atoms with Crippen molar-refractivity contribution in [1.29, 1.82) is 0 Å². The number of rotatable bonds is 3. The van der Waals surface area contributed by atoms with Crippen molar-refractivity contribution in [2.45, 2.75) is 37.0 Å². The second-order valence-corrected chi connectivity index (χ2v) is 7.06. The van der Waals surface area contributed by atoms with Crippen LogP contribution in [0, 0.1) is 5.92 Å². The summed E-state index contributed by atoms with van der Waals surface area (Å²) >= 11 is 0. The van der Waals surface area contributed by atoms with Gasteiger partial charge in [-0.2, -0.15) is 0 Å². The fourth-order valence-electron chi connectivity index (χ4n) is 2.77. The minimum Gasteiger partial charge on any atom is -0.381 e. The standard InChI is InChI=1S/C10H20N2O3S/c11-12-10(8-4-5-15-7-8)9-3-1-2-6-16(9,13)14/h8-10,12H,1-7,11H2. The van der Waals surface area contributed by atoms with E-state index < -0.39 is 9.84 Å². The SMILES string of the molecule is NNC(C1CCOC1)C1CCCCS1(=O)=O. The summed E-state index contributed by atoms with van der Waals surface area (Å²) in [7, 11) is -2.97. The summed E-state index contributed by atoms with van der Waals surface area (Å²) in [4.78, 5) is 0. The van der Waals surface area contributed by atoms with Crippen LogP contribution in [0.25, 0.3) is 0 Å². The van der Waals surface area contributed by atoms with Crippen molar-refractivity contribution < 1.29 is 13.2 Å². The van der Waals surface area contributed by atoms with E-state index in [0.29, 0.717) is 12.4 Å². The van der Waals surface area contributed by atoms with Crippen LogP contribution in [-0.2, 0) is 14.6 Å². The Labute approximate surface area is 96.6 Å². The van der Waals surface area contributed by atoms with Gasteiger partial charge in [-0.1, -0.05) is 6.42 Å². The first-order chi connectivity index (χ1) is 7.65. The summed E-state index contributed by atoms with van der Waals surface area (Å²) in [6.45, 7) is 1.34. The number of hydrazine groups is 1. The molecule has 0 spiro atoms. The molecule has 5 nitrogen and oxygen atoms in total. The van der Waals surface area contributed by atoms with Crippen LogP contribution in [0.15, 0.2) is 0 Å². The average Bonchev–Trinajstić information content (AvgIpc) is 2.75. The lowest BCUT2D eigenvalue weighted by Gasteiger charge is -2.32. The molecule has 0 saturated carbocycles. The van der Waals surface area contributed by atoms with Gasteiger partial charge in [-0.15, -0.1) is 0 Å². The van der Waals surface area contributed by atoms with Crippen LogP contribution in [0.5, 0.6) is 0 Å². The highest BCUT2D eigenvalue weighted by Gasteiger charge is 2.40. The molecule has 0 aromatic carbocycles. The van der Waals surface area contributed by atoms with Crippen LogP contribution in [0.4, 0.5) is 0 Å². The van der Waals surface area contributed by atoms with E-state index in [9.17, 15) is 8.42 Å². The Balaban J connectivity index is 2.12. The number of hydrogen-bond donors (Lipinski definition) is 2. The quantitative estimate of drug-likeness (QED) is 0.535. The average molecular weight is 248 g/mol. The van der Waals surface area contributed by atoms with Gasteiger partial charge in [0, 0.05) is 18.6 Å². The van der Waals surface area contributed by atoms with Gasteiger partial charge in [0.05, 0.1) is 17.6 Å². The molecule has 2 aliphatic rings. The predicted molar refractivity (Wildman–Crippen MR) is 61.5 cm³/mol. The molecule has 6 heteroatoms. The van der Waals surface area contributed by atoms with Crippen molar-refractivity contribution >= 4 is 9.84 Å². The Hall–Kier alpha value is -0.170. The van der Waals surface area contributed by atoms with Crippen LogP contribution < -0.4 is 11.3 Å². The minimum absolute atomic E-state index is 0.146. The third-order valence-electron chi connectivity index (χ3n) is 3.69. The first kappa shape index (κ1) is 12.3. The van der Waals surface area contributed by atoms with E-state index in [-0.39, 0.29) is 17.2 Å². The van der Waals surface area contributed by atoms with Crippen molar-refractivity contribution in [3.63, 3.8) is 0 Å². The van der Waals surface area contributed by atoms with E-state index in [0.717, 1.165) is 32.3 Å². The molecule has 2 saturated heterocycles. The highest BCUT2D eigenvalue weighted by atomic mass is 32.2. The van der Waals surface area contributed by atoms with E-state index in [2.05, 4.69) is 5.43 Å². The fraction of sp³-hybridized carbons (Fsp3) is 1.00. The van der Waals surface area contributed by atoms with Crippen molar-refractivity contribution in [2.24, 2.45) is 11.8 Å². The molecule has 3 unspecified atom stereocenters. The van der Waals surface area contributed by atoms with Crippen LogP contribution in [0.1, 0.15) is 25.7 Å². The van der Waals surface area contributed by atoms with Gasteiger partial charge in [-0.25, -0.2) is 8.42 Å². The normalized spacial score (nSPS) is 36.1. The number of sulfone groups is 1. The Bertz CT molecular complexity index is 325. The molecule has 16 heavy (non-hydrogen) atoms. The van der Waals surface area contributed by atoms with Crippen LogP contribution in [0.3, 0.4) is 0 Å². The summed E-state index contributed by atoms with van der Waals surface area (Å²) < 4.78 is 29.3. The van der Waals surface area contributed by atoms with E-state index >= 15 is 0 Å². The lowest BCUT2D eigenvalue weighted by molar-refractivity contribution is 0.175. The molecule has 2 fully saturated rings. The van der Waals surface area contributed by atoms with Gasteiger partial charge in [0.1, 0.15) is 0 Å². The Morgan fingerprint density at radius 2 is 2.12 bits per heavy atom. The zero-order valence-corrected chi connectivity index (χ0v) is 10.2. The van der Waals surface area contributed by atoms with E-state index in [1.54, 1.807) is 0 Å². The summed E-state index contributed by atoms with van der Waals surface area (Å²) in [5.74, 6) is 6.08. The molecule has 2 rings (SSSR count). The number of nitrogens with two attached hydrogens (primary N) is 1. The van der Waals surface area contributed by atoms with Crippen molar-refractivity contribution in [3.8, 4) is 0 Å². The molecule has 3 N–H and O–H groups in total. The Morgan fingerprint density at radius 3 is 2.69 bits per heavy atom. The molecule has 0 aliphatic carbocycles. The topological polar surface area (TPSA) is 81.4 Å². The first-order valence-electron chi connectivity index (χ1n) is 5.90. The molecular formula is C10H20N2O3S. The molecule has 2 heterocycles. The lowest BCUT2D eigenvalue weighted by atomic mass is 9.94. The number of ether oxygens (including phenoxy) is 1. The zero-order valence-electron chi connectivity index (χ0n) is 9.39. The van der Waals surface area contributed by atoms with Crippen molar-refractivity contribution in [1.82, 2.24) is 5.43 Å². The molecule has 2 aliphatic heterocycles. The highest BCUT2D eigenvalue weighted by Crippen LogP contribution is 2.28. The summed E-state index contributed by atoms with van der Waals surface area (Å²) in [6, 6.07) is -0.146. The summed E-state index contributed by atoms with van der Waals surface area (Å²) in [6.07, 6.45) is 3.40. The second kappa shape index (κ2) is 5.00. The highest BCUT2D eigenvalue weighted by molar-refractivity contribution is 7.92. The maximum atomic E-state index is 12.0. The molecule has 0 aromatic heterocycles. The monoisotopic (exact) mass is 248 g/mol. The van der Waals surface area contributed by atoms with Gasteiger partial charge in [-0.05, 0) is 19.3 Å². The van der Waals surface area contributed by atoms with Crippen LogP contribution in [0.2, 0.25) is 0 Å². The zero-order chi connectivity index (χ0) is 11.6. The maximum Gasteiger partial charge on any atom is 0.154 e. The van der Waals surface area contributed by atoms with Gasteiger partial charge in [-0.3, -0.25) is 11.3 Å². The van der Waals surface area contributed by atoms with Gasteiger partial charge in [0.2, 0.25) is 0 Å². The molecule has 3 atom stereocenters. The molecule has 0 radical (unpaired) electrons. The largest absolute Gasteiger partial charge is 0.381 e. The number of nitrogens with one attached hydrogen (secondary N) is 1. The van der Waals surface area contributed by atoms with Gasteiger partial charge in [0.15, 0.2) is 9.84 Å². The summed E-state index contributed by atoms with van der Waals surface area (Å²) in [5, 5.41) is -0.321. The Kier molecular flexibility index (Phi) is 3.84. The second-order valence-electron chi connectivity index (χ2n) is 4.72. The maximum absolute atomic E-state index is 12.0. The lowest BCUT2D eigenvalue weighted by Crippen LogP contribution is -2.53. The summed E-state index contributed by atoms with van der Waals surface area (Å²) in [5.41, 5.74) is 2.71. The number of hydrogen-bond acceptors (Lipinski definition) is 5. The molecule has 0 aromatic rings. The smallest absolute Gasteiger partial charge is 0.154 e. The van der Waals surface area contributed by atoms with E-state index in [4.69, 9.17) is 10.6 Å². The first-order valence-corrected chi connectivity index (χ1v) is 7.62. The van der Waals surface area contributed by atoms with Gasteiger partial charge < -0.3 is 4.74 Å². The predicted octanol–water partition coefficient (Wildman–Crippen LogP) is -0.178. The van der Waals surface area contributed by atoms with Gasteiger partial charge >= 0.3 is 0 Å². The third kappa shape index (κ3) is 2.40. The molecule has 0 amide bonds. The third-order valence-corrected chi connectivity index (χ3v) is 6.00. The van der Waals surface area contributed by atoms with Gasteiger partial charge in [0.25, 0.3) is 0 Å². The fourth-order valence-corrected chi connectivity index (χ4v) is 4.95. The van der Waals surface area contributed by atoms with Crippen LogP contribution in [-0.4, -0.2) is 38.7 Å².